The van der Waals surface area contributed by atoms with Crippen LogP contribution in [0.25, 0.3) is 21.5 Å². The molecule has 464 valence electrons. The molecule has 2 heterocycles. The van der Waals surface area contributed by atoms with Gasteiger partial charge in [-0.15, -0.1) is 20.5 Å². The van der Waals surface area contributed by atoms with Gasteiger partial charge >= 0.3 is 148 Å². The number of ether oxygens (including phenoxy) is 2. The molecule has 0 spiro atoms. The number of nitrogens with zero attached hydrogens (tertiary/aromatic N) is 10. The van der Waals surface area contributed by atoms with E-state index >= 15 is 0 Å². The Bertz CT molecular complexity index is 4880. The fourth-order valence-electron chi connectivity index (χ4n) is 8.79. The summed E-state index contributed by atoms with van der Waals surface area (Å²) in [6.45, 7) is 4.17. The molecular formula is C49H35Cl2N14Na5O19S5. The van der Waals surface area contributed by atoms with Crippen molar-refractivity contribution in [1.82, 2.24) is 29.9 Å². The Balaban J connectivity index is 0.00000376. The SMILES string of the molecule is COc1ccc(N=Nc2c(S(=O)(=O)[O-])cc3cc(Nc4nc(Cl)nc(Nc5c(C)c(Nc6nc(Cl)nc(Nc7ccc8c([O-])c(N=Nc9ccc(OC)cc9S(=O)(=O)[O-])c(S(=O)(=O)O)cc8c7)n6)c(C)c(S(=O)(=O)O)c5C)n4)ccc3c2[O-])c(S(=O)(=O)[O-])c1.[Na+].[Na+].[Na+].[Na+].[Na+]. The van der Waals surface area contributed by atoms with E-state index in [1.165, 1.54) is 83.5 Å². The van der Waals surface area contributed by atoms with Crippen LogP contribution in [0, 0.1) is 20.8 Å². The smallest absolute Gasteiger partial charge is 0.871 e. The maximum atomic E-state index is 13.7. The minimum Gasteiger partial charge on any atom is -0.871 e. The average Bonchev–Trinajstić information content (AvgIpc) is 0.773. The number of anilines is 8. The van der Waals surface area contributed by atoms with Crippen molar-refractivity contribution in [1.29, 1.82) is 0 Å². The van der Waals surface area contributed by atoms with Gasteiger partial charge in [-0.2, -0.15) is 46.7 Å². The standard InChI is InChI=1S/C49H40Cl2N14O19S5.5Na/c1-20-37(54-48-58-44(50)56-46(60-48)52-25-6-10-29-23(14-25)16-35(87(74,75)76)39(41(29)66)64-62-31-12-8-27(83-4)18-33(31)85(68,69)70)21(2)43(89(80,81)82)22(3)38(20)55-49-59-45(51)57-47(61-49)53-26-7-11-30-24(15-26)17-36(88(77,78)79)40(42(30)67)65-63-32-13-9-28(84-5)19-34(32)86(71,72)73;;;;;/h6-19,66-67H,1-5H3,(H,68,69,70)(H,71,72,73)(H,74,75,76)(H,77,78,79)(H,80,81,82)(H2,52,54,56,58,60)(H2,53,55,57,59,61);;;;;/q;5*+1/p-5. The van der Waals surface area contributed by atoms with Gasteiger partial charge in [-0.3, -0.25) is 9.11 Å². The quantitative estimate of drug-likeness (QED) is 0.0249. The van der Waals surface area contributed by atoms with Crippen LogP contribution in [0.5, 0.6) is 23.0 Å². The van der Waals surface area contributed by atoms with Crippen LogP contribution >= 0.6 is 23.2 Å². The van der Waals surface area contributed by atoms with E-state index in [0.717, 1.165) is 36.4 Å². The normalized spacial score (nSPS) is 11.8. The second-order valence-electron chi connectivity index (χ2n) is 18.3. The van der Waals surface area contributed by atoms with E-state index in [9.17, 15) is 75.1 Å². The van der Waals surface area contributed by atoms with Crippen molar-refractivity contribution in [2.24, 2.45) is 20.5 Å². The summed E-state index contributed by atoms with van der Waals surface area (Å²) < 4.78 is 192. The largest absolute Gasteiger partial charge is 1.00 e. The number of aromatic nitrogens is 6. The first-order chi connectivity index (χ1) is 41.5. The zero-order valence-corrected chi connectivity index (χ0v) is 65.8. The Kier molecular flexibility index (Phi) is 28.2. The average molecular weight is 1470 g/mol. The summed E-state index contributed by atoms with van der Waals surface area (Å²) >= 11 is 12.7. The van der Waals surface area contributed by atoms with Crippen molar-refractivity contribution < 1.29 is 232 Å². The first-order valence-electron chi connectivity index (χ1n) is 24.1. The molecule has 0 aliphatic carbocycles. The van der Waals surface area contributed by atoms with Crippen LogP contribution in [-0.2, 0) is 50.6 Å². The van der Waals surface area contributed by atoms with Crippen molar-refractivity contribution in [3.05, 3.63) is 112 Å². The van der Waals surface area contributed by atoms with Crippen molar-refractivity contribution >= 4 is 165 Å². The molecule has 0 aliphatic heterocycles. The fraction of sp³-hybridized carbons (Fsp3) is 0.102. The van der Waals surface area contributed by atoms with Gasteiger partial charge in [-0.1, -0.05) is 23.6 Å². The number of hydrogen-bond acceptors (Lipinski definition) is 31. The van der Waals surface area contributed by atoms with Gasteiger partial charge in [0.1, 0.15) is 63.0 Å². The Morgan fingerprint density at radius 1 is 0.436 bits per heavy atom. The molecule has 33 nitrogen and oxygen atoms in total. The summed E-state index contributed by atoms with van der Waals surface area (Å²) in [6.07, 6.45) is 0. The number of halogens is 2. The molecule has 9 rings (SSSR count). The van der Waals surface area contributed by atoms with Crippen LogP contribution < -0.4 is 189 Å². The van der Waals surface area contributed by atoms with E-state index in [2.05, 4.69) is 71.6 Å². The summed E-state index contributed by atoms with van der Waals surface area (Å²) in [7, 11) is -23.9. The summed E-state index contributed by atoms with van der Waals surface area (Å²) in [4.78, 5) is 20.2. The molecule has 45 heteroatoms. The van der Waals surface area contributed by atoms with Crippen LogP contribution in [0.4, 0.5) is 69.3 Å². The van der Waals surface area contributed by atoms with Crippen molar-refractivity contribution in [3.8, 4) is 23.0 Å². The minimum atomic E-state index is -5.51. The fourth-order valence-corrected chi connectivity index (χ4v) is 12.6. The number of methoxy groups -OCH3 is 2. The zero-order chi connectivity index (χ0) is 65.0. The van der Waals surface area contributed by atoms with Crippen LogP contribution in [-0.4, -0.2) is 109 Å². The van der Waals surface area contributed by atoms with Crippen LogP contribution in [0.15, 0.2) is 130 Å². The molecule has 0 bridgehead atoms. The van der Waals surface area contributed by atoms with Gasteiger partial charge < -0.3 is 54.6 Å². The van der Waals surface area contributed by atoms with Gasteiger partial charge in [0, 0.05) is 11.4 Å². The van der Waals surface area contributed by atoms with Gasteiger partial charge in [0.2, 0.25) is 34.4 Å². The first-order valence-corrected chi connectivity index (χ1v) is 32.0. The molecule has 7 aromatic carbocycles. The Hall–Kier alpha value is -4.19. The second kappa shape index (κ2) is 32.2. The minimum absolute atomic E-state index is 0. The van der Waals surface area contributed by atoms with E-state index in [0.29, 0.717) is 0 Å². The molecule has 0 fully saturated rings. The predicted molar refractivity (Wildman–Crippen MR) is 308 cm³/mol. The van der Waals surface area contributed by atoms with E-state index < -0.39 is 120 Å². The number of nitrogens with one attached hydrogen (secondary N) is 4. The maximum Gasteiger partial charge on any atom is 1.00 e. The third-order valence-corrected chi connectivity index (χ3v) is 17.6. The molecular weight excluding hydrogens is 1430 g/mol. The molecule has 0 saturated carbocycles. The predicted octanol–water partition coefficient (Wildman–Crippen LogP) is -7.21. The number of rotatable bonds is 19. The topological polar surface area (TPSA) is 520 Å². The molecule has 0 saturated heterocycles. The molecule has 2 aromatic heterocycles. The molecule has 0 radical (unpaired) electrons. The van der Waals surface area contributed by atoms with Gasteiger partial charge in [0.15, 0.2) is 0 Å². The summed E-state index contributed by atoms with van der Waals surface area (Å²) in [6, 6.07) is 15.2. The molecule has 0 aliphatic rings. The monoisotopic (exact) mass is 1470 g/mol. The Morgan fingerprint density at radius 3 is 1.13 bits per heavy atom. The summed E-state index contributed by atoms with van der Waals surface area (Å²) in [5.41, 5.74) is -3.08. The van der Waals surface area contributed by atoms with Crippen molar-refractivity contribution in [2.45, 2.75) is 45.2 Å². The van der Waals surface area contributed by atoms with Gasteiger partial charge in [0.05, 0.1) is 51.7 Å². The van der Waals surface area contributed by atoms with Crippen LogP contribution in [0.2, 0.25) is 10.6 Å². The molecule has 94 heavy (non-hydrogen) atoms. The van der Waals surface area contributed by atoms with Crippen molar-refractivity contribution in [2.75, 3.05) is 35.5 Å². The third kappa shape index (κ3) is 18.8. The van der Waals surface area contributed by atoms with Gasteiger partial charge in [0.25, 0.3) is 20.2 Å². The van der Waals surface area contributed by atoms with Crippen molar-refractivity contribution in [3.63, 3.8) is 0 Å². The maximum absolute atomic E-state index is 13.7. The third-order valence-electron chi connectivity index (χ3n) is 12.6. The van der Waals surface area contributed by atoms with Crippen LogP contribution in [0.1, 0.15) is 16.7 Å². The molecule has 6 N–H and O–H groups in total. The first kappa shape index (κ1) is 82.2. The van der Waals surface area contributed by atoms with Crippen LogP contribution in [0.3, 0.4) is 0 Å². The number of benzene rings is 7. The van der Waals surface area contributed by atoms with E-state index in [1.807, 2.05) is 0 Å². The Labute approximate surface area is 654 Å². The summed E-state index contributed by atoms with van der Waals surface area (Å²) in [5, 5.41) is 51.7. The summed E-state index contributed by atoms with van der Waals surface area (Å²) in [5.74, 6) is -3.68. The molecule has 0 amide bonds. The number of hydrogen-bond donors (Lipinski definition) is 6. The van der Waals surface area contributed by atoms with E-state index in [4.69, 9.17) is 32.7 Å². The van der Waals surface area contributed by atoms with Gasteiger partial charge in [-0.05, 0) is 155 Å². The molecule has 0 atom stereocenters. The molecule has 0 unspecified atom stereocenters. The molecule has 9 aromatic rings. The second-order valence-corrected chi connectivity index (χ2v) is 25.8. The zero-order valence-electron chi connectivity index (χ0n) is 50.2. The Morgan fingerprint density at radius 2 is 0.787 bits per heavy atom. The number of fused-ring (bicyclic) bond motifs is 2. The van der Waals surface area contributed by atoms with Gasteiger partial charge in [-0.25, -0.2) is 25.3 Å². The van der Waals surface area contributed by atoms with E-state index in [-0.39, 0.29) is 244 Å². The number of azo groups is 2. The van der Waals surface area contributed by atoms with E-state index in [1.54, 1.807) is 0 Å².